The number of hydrogen-bond donors (Lipinski definition) is 2. The van der Waals surface area contributed by atoms with Crippen LogP contribution in [-0.4, -0.2) is 31.7 Å². The highest BCUT2D eigenvalue weighted by Crippen LogP contribution is 2.31. The molecule has 0 bridgehead atoms. The lowest BCUT2D eigenvalue weighted by Gasteiger charge is -2.27. The Morgan fingerprint density at radius 1 is 1.16 bits per heavy atom. The highest BCUT2D eigenvalue weighted by atomic mass is 35.5. The lowest BCUT2D eigenvalue weighted by Crippen LogP contribution is -2.30. The lowest BCUT2D eigenvalue weighted by atomic mass is 10.1. The number of aromatic amines is 2. The van der Waals surface area contributed by atoms with E-state index in [-0.39, 0.29) is 0 Å². The predicted molar refractivity (Wildman–Crippen MR) is 97.7 cm³/mol. The summed E-state index contributed by atoms with van der Waals surface area (Å²) in [5, 5.41) is 7.77. The normalized spacial score (nSPS) is 14.0. The molecule has 0 aliphatic carbocycles. The molecule has 3 aromatic heterocycles. The minimum Gasteiger partial charge on any atom is -0.352 e. The molecule has 0 unspecified atom stereocenters. The Hall–Kier alpha value is -2.86. The summed E-state index contributed by atoms with van der Waals surface area (Å²) in [6, 6.07) is 9.96. The zero-order valence-electron chi connectivity index (χ0n) is 13.3. The van der Waals surface area contributed by atoms with Gasteiger partial charge in [-0.1, -0.05) is 23.7 Å². The van der Waals surface area contributed by atoms with Gasteiger partial charge in [-0.15, -0.1) is 0 Å². The molecule has 0 atom stereocenters. The minimum absolute atomic E-state index is 0.587. The molecule has 7 heteroatoms. The number of rotatable bonds is 2. The van der Waals surface area contributed by atoms with Crippen molar-refractivity contribution in [3.05, 3.63) is 59.0 Å². The molecule has 6 nitrogen and oxygen atoms in total. The third-order valence-corrected chi connectivity index (χ3v) is 4.91. The van der Waals surface area contributed by atoms with Crippen LogP contribution in [0.5, 0.6) is 0 Å². The summed E-state index contributed by atoms with van der Waals surface area (Å²) < 4.78 is 0. The molecule has 0 amide bonds. The number of imidazole rings is 1. The van der Waals surface area contributed by atoms with Crippen LogP contribution in [0.25, 0.3) is 22.4 Å². The predicted octanol–water partition coefficient (Wildman–Crippen LogP) is 3.56. The third-order valence-electron chi connectivity index (χ3n) is 4.61. The van der Waals surface area contributed by atoms with E-state index in [1.807, 2.05) is 36.5 Å². The summed E-state index contributed by atoms with van der Waals surface area (Å²) in [4.78, 5) is 14.8. The number of halogens is 1. The second-order valence-electron chi connectivity index (χ2n) is 6.17. The van der Waals surface area contributed by atoms with Gasteiger partial charge in [0.05, 0.1) is 22.3 Å². The Bertz CT molecular complexity index is 1030. The lowest BCUT2D eigenvalue weighted by molar-refractivity contribution is 0.711. The van der Waals surface area contributed by atoms with Crippen molar-refractivity contribution in [1.82, 2.24) is 25.1 Å². The van der Waals surface area contributed by atoms with Crippen LogP contribution in [0.4, 0.5) is 5.82 Å². The van der Waals surface area contributed by atoms with E-state index in [1.54, 1.807) is 6.20 Å². The van der Waals surface area contributed by atoms with Crippen molar-refractivity contribution in [2.45, 2.75) is 13.0 Å². The number of hydrogen-bond acceptors (Lipinski definition) is 4. The van der Waals surface area contributed by atoms with Gasteiger partial charge in [0, 0.05) is 42.5 Å². The maximum Gasteiger partial charge on any atom is 0.140 e. The Morgan fingerprint density at radius 3 is 3.00 bits per heavy atom. The van der Waals surface area contributed by atoms with Gasteiger partial charge in [-0.25, -0.2) is 9.97 Å². The van der Waals surface area contributed by atoms with E-state index in [1.165, 1.54) is 11.3 Å². The van der Waals surface area contributed by atoms with Crippen LogP contribution in [0.2, 0.25) is 5.02 Å². The molecule has 5 rings (SSSR count). The van der Waals surface area contributed by atoms with Gasteiger partial charge in [-0.05, 0) is 18.2 Å². The van der Waals surface area contributed by atoms with Crippen LogP contribution in [-0.2, 0) is 13.0 Å². The van der Waals surface area contributed by atoms with E-state index in [9.17, 15) is 0 Å². The third kappa shape index (κ3) is 2.46. The summed E-state index contributed by atoms with van der Waals surface area (Å²) >= 11 is 6.40. The first-order valence-corrected chi connectivity index (χ1v) is 8.52. The molecular formula is C18H15ClN6. The molecule has 0 saturated carbocycles. The second kappa shape index (κ2) is 5.60. The van der Waals surface area contributed by atoms with Crippen LogP contribution >= 0.6 is 11.6 Å². The molecule has 4 heterocycles. The Balaban J connectivity index is 1.54. The van der Waals surface area contributed by atoms with Crippen molar-refractivity contribution >= 4 is 28.5 Å². The first kappa shape index (κ1) is 14.5. The Labute approximate surface area is 148 Å². The maximum absolute atomic E-state index is 6.40. The van der Waals surface area contributed by atoms with Crippen LogP contribution in [0.15, 0.2) is 42.7 Å². The molecule has 0 fully saturated rings. The van der Waals surface area contributed by atoms with Gasteiger partial charge in [0.15, 0.2) is 0 Å². The van der Waals surface area contributed by atoms with E-state index in [0.29, 0.717) is 5.02 Å². The second-order valence-corrected chi connectivity index (χ2v) is 6.58. The SMILES string of the molecule is Clc1cnc(N2CCc3[nH]ncc3C2)cc1-c1nc2ccccc2[nH]1. The molecule has 2 N–H and O–H groups in total. The molecule has 0 radical (unpaired) electrons. The Kier molecular flexibility index (Phi) is 3.24. The number of H-pyrrole nitrogens is 2. The van der Waals surface area contributed by atoms with E-state index in [2.05, 4.69) is 30.0 Å². The van der Waals surface area contributed by atoms with Crippen LogP contribution in [0, 0.1) is 0 Å². The molecule has 0 spiro atoms. The van der Waals surface area contributed by atoms with Gasteiger partial charge in [0.2, 0.25) is 0 Å². The quantitative estimate of drug-likeness (QED) is 0.579. The van der Waals surface area contributed by atoms with Crippen molar-refractivity contribution in [3.63, 3.8) is 0 Å². The fourth-order valence-electron chi connectivity index (χ4n) is 3.28. The average molecular weight is 351 g/mol. The fraction of sp³-hybridized carbons (Fsp3) is 0.167. The molecule has 1 aliphatic rings. The van der Waals surface area contributed by atoms with Crippen LogP contribution in [0.1, 0.15) is 11.3 Å². The van der Waals surface area contributed by atoms with Crippen LogP contribution < -0.4 is 4.90 Å². The first-order chi connectivity index (χ1) is 12.3. The van der Waals surface area contributed by atoms with E-state index >= 15 is 0 Å². The zero-order valence-corrected chi connectivity index (χ0v) is 14.1. The number of benzene rings is 1. The van der Waals surface area contributed by atoms with Gasteiger partial charge in [0.25, 0.3) is 0 Å². The topological polar surface area (TPSA) is 73.5 Å². The maximum atomic E-state index is 6.40. The van der Waals surface area contributed by atoms with Crippen molar-refractivity contribution in [3.8, 4) is 11.4 Å². The number of aromatic nitrogens is 5. The van der Waals surface area contributed by atoms with Crippen LogP contribution in [0.3, 0.4) is 0 Å². The number of fused-ring (bicyclic) bond motifs is 2. The molecule has 0 saturated heterocycles. The number of nitrogens with zero attached hydrogens (tertiary/aromatic N) is 4. The van der Waals surface area contributed by atoms with Gasteiger partial charge in [-0.3, -0.25) is 5.10 Å². The molecular weight excluding hydrogens is 336 g/mol. The van der Waals surface area contributed by atoms with Gasteiger partial charge >= 0.3 is 0 Å². The molecule has 25 heavy (non-hydrogen) atoms. The molecule has 1 aliphatic heterocycles. The zero-order chi connectivity index (χ0) is 16.8. The fourth-order valence-corrected chi connectivity index (χ4v) is 3.47. The summed E-state index contributed by atoms with van der Waals surface area (Å²) in [7, 11) is 0. The van der Waals surface area contributed by atoms with Crippen molar-refractivity contribution < 1.29 is 0 Å². The highest BCUT2D eigenvalue weighted by molar-refractivity contribution is 6.33. The van der Waals surface area contributed by atoms with Gasteiger partial charge in [-0.2, -0.15) is 5.10 Å². The van der Waals surface area contributed by atoms with E-state index in [4.69, 9.17) is 11.6 Å². The smallest absolute Gasteiger partial charge is 0.140 e. The number of para-hydroxylation sites is 2. The number of nitrogens with one attached hydrogen (secondary N) is 2. The van der Waals surface area contributed by atoms with Crippen molar-refractivity contribution in [2.24, 2.45) is 0 Å². The van der Waals surface area contributed by atoms with E-state index < -0.39 is 0 Å². The summed E-state index contributed by atoms with van der Waals surface area (Å²) in [6.07, 6.45) is 4.52. The largest absolute Gasteiger partial charge is 0.352 e. The van der Waals surface area contributed by atoms with E-state index in [0.717, 1.165) is 47.7 Å². The monoisotopic (exact) mass is 350 g/mol. The van der Waals surface area contributed by atoms with Crippen molar-refractivity contribution in [1.29, 1.82) is 0 Å². The summed E-state index contributed by atoms with van der Waals surface area (Å²) in [5.41, 5.74) is 5.21. The molecule has 124 valence electrons. The number of pyridine rings is 1. The summed E-state index contributed by atoms with van der Waals surface area (Å²) in [6.45, 7) is 1.68. The highest BCUT2D eigenvalue weighted by Gasteiger charge is 2.20. The number of anilines is 1. The first-order valence-electron chi connectivity index (χ1n) is 8.15. The summed E-state index contributed by atoms with van der Waals surface area (Å²) in [5.74, 6) is 1.66. The van der Waals surface area contributed by atoms with Gasteiger partial charge in [0.1, 0.15) is 11.6 Å². The van der Waals surface area contributed by atoms with Gasteiger partial charge < -0.3 is 9.88 Å². The van der Waals surface area contributed by atoms with Crippen molar-refractivity contribution in [2.75, 3.05) is 11.4 Å². The minimum atomic E-state index is 0.587. The molecule has 4 aromatic rings. The molecule has 1 aromatic carbocycles. The standard InChI is InChI=1S/C18H15ClN6/c19-13-9-20-17(25-6-5-14-11(10-25)8-21-24-14)7-12(13)18-22-15-3-1-2-4-16(15)23-18/h1-4,7-9H,5-6,10H2,(H,21,24)(H,22,23). The Morgan fingerprint density at radius 2 is 2.08 bits per heavy atom. The average Bonchev–Trinajstić information content (AvgIpc) is 3.28.